The predicted molar refractivity (Wildman–Crippen MR) is 64.3 cm³/mol. The molecule has 2 aromatic rings. The van der Waals surface area contributed by atoms with Gasteiger partial charge < -0.3 is 15.3 Å². The maximum Gasteiger partial charge on any atom is 0.340 e. The van der Waals surface area contributed by atoms with Crippen molar-refractivity contribution in [2.75, 3.05) is 0 Å². The molecule has 0 aromatic heterocycles. The van der Waals surface area contributed by atoms with Crippen LogP contribution in [-0.4, -0.2) is 27.3 Å². The van der Waals surface area contributed by atoms with E-state index in [-0.39, 0.29) is 5.56 Å². The van der Waals surface area contributed by atoms with Crippen LogP contribution < -0.4 is 0 Å². The van der Waals surface area contributed by atoms with Crippen LogP contribution >= 0.6 is 0 Å². The van der Waals surface area contributed by atoms with Gasteiger partial charge in [-0.1, -0.05) is 24.3 Å². The molecular formula is C13H10O5. The third kappa shape index (κ3) is 1.57. The first-order valence-corrected chi connectivity index (χ1v) is 5.16. The molecule has 5 heteroatoms. The van der Waals surface area contributed by atoms with Crippen LogP contribution in [0, 0.1) is 6.92 Å². The van der Waals surface area contributed by atoms with Gasteiger partial charge in [0.05, 0.1) is 5.56 Å². The van der Waals surface area contributed by atoms with E-state index in [0.29, 0.717) is 16.3 Å². The zero-order chi connectivity index (χ0) is 13.4. The average Bonchev–Trinajstić information content (AvgIpc) is 2.32. The lowest BCUT2D eigenvalue weighted by molar-refractivity contribution is 0.0650. The molecule has 0 saturated carbocycles. The van der Waals surface area contributed by atoms with Crippen LogP contribution in [-0.2, 0) is 0 Å². The van der Waals surface area contributed by atoms with E-state index < -0.39 is 23.3 Å². The van der Waals surface area contributed by atoms with Gasteiger partial charge in [0.1, 0.15) is 11.3 Å². The lowest BCUT2D eigenvalue weighted by Crippen LogP contribution is -2.10. The molecule has 3 N–H and O–H groups in total. The van der Waals surface area contributed by atoms with Crippen molar-refractivity contribution in [3.05, 3.63) is 41.0 Å². The molecule has 0 bridgehead atoms. The summed E-state index contributed by atoms with van der Waals surface area (Å²) >= 11 is 0. The minimum absolute atomic E-state index is 0.303. The Labute approximate surface area is 102 Å². The summed E-state index contributed by atoms with van der Waals surface area (Å²) in [5, 5.41) is 28.9. The van der Waals surface area contributed by atoms with Crippen molar-refractivity contribution in [2.45, 2.75) is 6.92 Å². The zero-order valence-corrected chi connectivity index (χ0v) is 9.47. The fraction of sp³-hybridized carbons (Fsp3) is 0.0769. The van der Waals surface area contributed by atoms with Gasteiger partial charge in [0, 0.05) is 0 Å². The quantitative estimate of drug-likeness (QED) is 0.755. The van der Waals surface area contributed by atoms with E-state index in [1.54, 1.807) is 25.1 Å². The van der Waals surface area contributed by atoms with Gasteiger partial charge in [-0.05, 0) is 23.3 Å². The lowest BCUT2D eigenvalue weighted by Gasteiger charge is -2.12. The van der Waals surface area contributed by atoms with Crippen molar-refractivity contribution >= 4 is 22.7 Å². The standard InChI is InChI=1S/C13H10O5/c1-6-7-4-2-3-5-8(7)9(12(15)16)10(11(6)14)13(17)18/h2-5,14H,1H3,(H,15,16)(H,17,18). The molecule has 0 radical (unpaired) electrons. The number of carboxylic acid groups (broad SMARTS) is 2. The molecule has 0 aliphatic carbocycles. The largest absolute Gasteiger partial charge is 0.507 e. The molecule has 0 unspecified atom stereocenters. The van der Waals surface area contributed by atoms with Gasteiger partial charge in [-0.25, -0.2) is 9.59 Å². The lowest BCUT2D eigenvalue weighted by atomic mass is 9.94. The summed E-state index contributed by atoms with van der Waals surface area (Å²) in [7, 11) is 0. The number of hydrogen-bond acceptors (Lipinski definition) is 3. The van der Waals surface area contributed by atoms with Gasteiger partial charge in [-0.15, -0.1) is 0 Å². The number of carboxylic acids is 2. The highest BCUT2D eigenvalue weighted by Gasteiger charge is 2.25. The molecule has 0 atom stereocenters. The third-order valence-corrected chi connectivity index (χ3v) is 2.87. The highest BCUT2D eigenvalue weighted by Crippen LogP contribution is 2.34. The molecule has 0 aliphatic heterocycles. The summed E-state index contributed by atoms with van der Waals surface area (Å²) in [6.45, 7) is 1.55. The van der Waals surface area contributed by atoms with Crippen LogP contribution in [0.5, 0.6) is 5.75 Å². The number of hydrogen-bond donors (Lipinski definition) is 3. The van der Waals surface area contributed by atoms with Gasteiger partial charge in [0.15, 0.2) is 0 Å². The molecule has 0 amide bonds. The van der Waals surface area contributed by atoms with Crippen LogP contribution in [0.3, 0.4) is 0 Å². The van der Waals surface area contributed by atoms with Crippen LogP contribution in [0.4, 0.5) is 0 Å². The maximum atomic E-state index is 11.2. The number of aromatic hydroxyl groups is 1. The van der Waals surface area contributed by atoms with E-state index in [4.69, 9.17) is 10.2 Å². The number of rotatable bonds is 2. The molecule has 0 heterocycles. The number of benzene rings is 2. The van der Waals surface area contributed by atoms with E-state index in [0.717, 1.165) is 0 Å². The van der Waals surface area contributed by atoms with Crippen molar-refractivity contribution in [2.24, 2.45) is 0 Å². The Hall–Kier alpha value is -2.56. The summed E-state index contributed by atoms with van der Waals surface area (Å²) < 4.78 is 0. The SMILES string of the molecule is Cc1c(O)c(C(=O)O)c(C(=O)O)c2ccccc12. The van der Waals surface area contributed by atoms with Gasteiger partial charge in [-0.3, -0.25) is 0 Å². The number of carbonyl (C=O) groups is 2. The van der Waals surface area contributed by atoms with Crippen molar-refractivity contribution < 1.29 is 24.9 Å². The Kier molecular flexibility index (Phi) is 2.67. The Morgan fingerprint density at radius 1 is 0.944 bits per heavy atom. The number of aromatic carboxylic acids is 2. The summed E-state index contributed by atoms with van der Waals surface area (Å²) in [5.74, 6) is -3.34. The second kappa shape index (κ2) is 4.03. The first-order chi connectivity index (χ1) is 8.45. The molecule has 0 aliphatic rings. The van der Waals surface area contributed by atoms with Gasteiger partial charge >= 0.3 is 11.9 Å². The molecule has 0 fully saturated rings. The fourth-order valence-electron chi connectivity index (χ4n) is 2.03. The van der Waals surface area contributed by atoms with E-state index in [9.17, 15) is 14.7 Å². The smallest absolute Gasteiger partial charge is 0.340 e. The molecule has 0 saturated heterocycles. The van der Waals surface area contributed by atoms with Crippen LogP contribution in [0.1, 0.15) is 26.3 Å². The second-order valence-corrected chi connectivity index (χ2v) is 3.88. The zero-order valence-electron chi connectivity index (χ0n) is 9.47. The van der Waals surface area contributed by atoms with Gasteiger partial charge in [0.25, 0.3) is 0 Å². The normalized spacial score (nSPS) is 10.5. The molecule has 0 spiro atoms. The summed E-state index contributed by atoms with van der Waals surface area (Å²) in [4.78, 5) is 22.3. The first kappa shape index (κ1) is 11.9. The molecule has 2 rings (SSSR count). The van der Waals surface area contributed by atoms with Gasteiger partial charge in [0.2, 0.25) is 0 Å². The number of fused-ring (bicyclic) bond motifs is 1. The van der Waals surface area contributed by atoms with Crippen LogP contribution in [0.15, 0.2) is 24.3 Å². The molecule has 18 heavy (non-hydrogen) atoms. The Morgan fingerprint density at radius 2 is 1.44 bits per heavy atom. The minimum Gasteiger partial charge on any atom is -0.507 e. The van der Waals surface area contributed by atoms with Crippen molar-refractivity contribution in [3.63, 3.8) is 0 Å². The minimum atomic E-state index is -1.46. The Bertz CT molecular complexity index is 673. The topological polar surface area (TPSA) is 94.8 Å². The highest BCUT2D eigenvalue weighted by atomic mass is 16.4. The molecule has 5 nitrogen and oxygen atoms in total. The number of phenols is 1. The summed E-state index contributed by atoms with van der Waals surface area (Å²) in [6.07, 6.45) is 0. The van der Waals surface area contributed by atoms with Gasteiger partial charge in [-0.2, -0.15) is 0 Å². The third-order valence-electron chi connectivity index (χ3n) is 2.87. The van der Waals surface area contributed by atoms with Crippen LogP contribution in [0.25, 0.3) is 10.8 Å². The maximum absolute atomic E-state index is 11.2. The van der Waals surface area contributed by atoms with Crippen LogP contribution in [0.2, 0.25) is 0 Å². The van der Waals surface area contributed by atoms with E-state index in [1.165, 1.54) is 6.07 Å². The van der Waals surface area contributed by atoms with Crippen molar-refractivity contribution in [1.29, 1.82) is 0 Å². The monoisotopic (exact) mass is 246 g/mol. The Balaban J connectivity index is 3.08. The van der Waals surface area contributed by atoms with E-state index in [2.05, 4.69) is 0 Å². The molecule has 92 valence electrons. The second-order valence-electron chi connectivity index (χ2n) is 3.88. The first-order valence-electron chi connectivity index (χ1n) is 5.16. The van der Waals surface area contributed by atoms with Crippen molar-refractivity contribution in [1.82, 2.24) is 0 Å². The molecular weight excluding hydrogens is 236 g/mol. The number of aryl methyl sites for hydroxylation is 1. The van der Waals surface area contributed by atoms with E-state index >= 15 is 0 Å². The fourth-order valence-corrected chi connectivity index (χ4v) is 2.03. The summed E-state index contributed by atoms with van der Waals surface area (Å²) in [6, 6.07) is 6.48. The van der Waals surface area contributed by atoms with Crippen molar-refractivity contribution in [3.8, 4) is 5.75 Å². The average molecular weight is 246 g/mol. The van der Waals surface area contributed by atoms with E-state index in [1.807, 2.05) is 0 Å². The summed E-state index contributed by atoms with van der Waals surface area (Å²) in [5.41, 5.74) is -0.604. The predicted octanol–water partition coefficient (Wildman–Crippen LogP) is 2.25. The Morgan fingerprint density at radius 3 is 1.94 bits per heavy atom. The molecule has 2 aromatic carbocycles. The highest BCUT2D eigenvalue weighted by molar-refractivity contribution is 6.14.